The van der Waals surface area contributed by atoms with Crippen LogP contribution in [0, 0.1) is 23.4 Å². The molecule has 1 unspecified atom stereocenters. The number of hydrogen-bond donors (Lipinski definition) is 0. The highest BCUT2D eigenvalue weighted by Gasteiger charge is 2.35. The molecule has 0 N–H and O–H groups in total. The lowest BCUT2D eigenvalue weighted by atomic mass is 9.83. The maximum Gasteiger partial charge on any atom is 0.243 e. The van der Waals surface area contributed by atoms with E-state index in [1.165, 1.54) is 16.4 Å². The molecule has 0 amide bonds. The Morgan fingerprint density at radius 1 is 1.00 bits per heavy atom. The molecular weight excluding hydrogens is 427 g/mol. The van der Waals surface area contributed by atoms with Gasteiger partial charge in [0.25, 0.3) is 0 Å². The third-order valence-corrected chi connectivity index (χ3v) is 7.73. The zero-order valence-corrected chi connectivity index (χ0v) is 17.1. The van der Waals surface area contributed by atoms with Crippen molar-refractivity contribution in [2.45, 2.75) is 17.7 Å². The largest absolute Gasteiger partial charge is 0.243 e. The molecule has 1 aromatic heterocycles. The van der Waals surface area contributed by atoms with E-state index in [-0.39, 0.29) is 29.7 Å². The van der Waals surface area contributed by atoms with Gasteiger partial charge in [-0.1, -0.05) is 5.57 Å². The lowest BCUT2D eigenvalue weighted by molar-refractivity contribution is 0.321. The van der Waals surface area contributed by atoms with E-state index in [1.54, 1.807) is 23.0 Å². The number of aromatic nitrogens is 2. The lowest BCUT2D eigenvalue weighted by Gasteiger charge is -2.36. The van der Waals surface area contributed by atoms with Gasteiger partial charge in [0.15, 0.2) is 11.6 Å². The summed E-state index contributed by atoms with van der Waals surface area (Å²) in [5.41, 5.74) is 3.75. The van der Waals surface area contributed by atoms with Crippen LogP contribution < -0.4 is 0 Å². The predicted octanol–water partition coefficient (Wildman–Crippen LogP) is 3.94. The van der Waals surface area contributed by atoms with Gasteiger partial charge < -0.3 is 0 Å². The van der Waals surface area contributed by atoms with E-state index in [1.807, 2.05) is 6.08 Å². The van der Waals surface area contributed by atoms with Gasteiger partial charge in [-0.25, -0.2) is 26.3 Å². The smallest absolute Gasteiger partial charge is 0.233 e. The maximum absolute atomic E-state index is 13.6. The van der Waals surface area contributed by atoms with E-state index in [9.17, 15) is 21.6 Å². The molecule has 1 atom stereocenters. The van der Waals surface area contributed by atoms with Crippen molar-refractivity contribution < 1.29 is 21.6 Å². The topological polar surface area (TPSA) is 55.2 Å². The number of hydrogen-bond acceptors (Lipinski definition) is 3. The lowest BCUT2D eigenvalue weighted by Crippen LogP contribution is -2.42. The molecular formula is C22H18F3N3O2S. The van der Waals surface area contributed by atoms with Gasteiger partial charge in [0.1, 0.15) is 5.82 Å². The van der Waals surface area contributed by atoms with Crippen molar-refractivity contribution in [1.82, 2.24) is 14.1 Å². The first-order valence-electron chi connectivity index (χ1n) is 9.81. The van der Waals surface area contributed by atoms with Crippen molar-refractivity contribution in [3.63, 3.8) is 0 Å². The van der Waals surface area contributed by atoms with Crippen molar-refractivity contribution in [2.24, 2.45) is 5.92 Å². The molecule has 2 aliphatic rings. The Labute approximate surface area is 177 Å². The zero-order valence-electron chi connectivity index (χ0n) is 16.3. The van der Waals surface area contributed by atoms with Gasteiger partial charge >= 0.3 is 0 Å². The minimum Gasteiger partial charge on any atom is -0.233 e. The van der Waals surface area contributed by atoms with Crippen LogP contribution in [0.15, 0.2) is 59.1 Å². The van der Waals surface area contributed by atoms with Gasteiger partial charge in [0.2, 0.25) is 10.0 Å². The van der Waals surface area contributed by atoms with E-state index >= 15 is 0 Å². The summed E-state index contributed by atoms with van der Waals surface area (Å²) in [7, 11) is -3.93. The second-order valence-corrected chi connectivity index (χ2v) is 9.69. The van der Waals surface area contributed by atoms with E-state index < -0.39 is 21.7 Å². The molecule has 160 valence electrons. The standard InChI is InChI=1S/C22H18F3N3O2S/c23-17-1-3-18(4-2-17)28-22-10-14-7-8-27(13-16(14)9-15(22)12-26-28)31(29,30)19-5-6-20(24)21(25)11-19/h1-6,10-12,16H,7-9,13H2. The van der Waals surface area contributed by atoms with Crippen LogP contribution in [0.2, 0.25) is 0 Å². The van der Waals surface area contributed by atoms with Crippen LogP contribution in [-0.2, 0) is 16.4 Å². The summed E-state index contributed by atoms with van der Waals surface area (Å²) in [5.74, 6) is -2.61. The highest BCUT2D eigenvalue weighted by molar-refractivity contribution is 7.89. The Morgan fingerprint density at radius 3 is 2.52 bits per heavy atom. The molecule has 5 rings (SSSR count). The monoisotopic (exact) mass is 445 g/mol. The quantitative estimate of drug-likeness (QED) is 0.614. The highest BCUT2D eigenvalue weighted by atomic mass is 32.2. The summed E-state index contributed by atoms with van der Waals surface area (Å²) in [6.45, 7) is 0.512. The molecule has 0 spiro atoms. The maximum atomic E-state index is 13.6. The average Bonchev–Trinajstić information content (AvgIpc) is 3.16. The van der Waals surface area contributed by atoms with Crippen LogP contribution in [0.3, 0.4) is 0 Å². The number of piperidine rings is 1. The van der Waals surface area contributed by atoms with Crippen molar-refractivity contribution in [1.29, 1.82) is 0 Å². The number of benzene rings is 2. The second-order valence-electron chi connectivity index (χ2n) is 7.75. The fraction of sp³-hybridized carbons (Fsp3) is 0.227. The molecule has 3 aromatic rings. The molecule has 1 saturated heterocycles. The van der Waals surface area contributed by atoms with Crippen molar-refractivity contribution in [3.8, 4) is 5.69 Å². The normalized spacial score (nSPS) is 18.9. The minimum absolute atomic E-state index is 0.0211. The van der Waals surface area contributed by atoms with Crippen LogP contribution in [-0.4, -0.2) is 35.6 Å². The molecule has 1 fully saturated rings. The van der Waals surface area contributed by atoms with Crippen molar-refractivity contribution in [3.05, 3.63) is 82.9 Å². The first-order valence-corrected chi connectivity index (χ1v) is 11.3. The summed E-state index contributed by atoms with van der Waals surface area (Å²) in [5, 5.41) is 4.43. The third-order valence-electron chi connectivity index (χ3n) is 5.87. The molecule has 31 heavy (non-hydrogen) atoms. The van der Waals surface area contributed by atoms with Crippen LogP contribution in [0.4, 0.5) is 13.2 Å². The van der Waals surface area contributed by atoms with Crippen LogP contribution in [0.1, 0.15) is 17.7 Å². The first-order chi connectivity index (χ1) is 14.8. The Bertz CT molecular complexity index is 1300. The molecule has 0 saturated carbocycles. The second kappa shape index (κ2) is 7.35. The zero-order chi connectivity index (χ0) is 21.8. The molecule has 9 heteroatoms. The number of nitrogens with zero attached hydrogens (tertiary/aromatic N) is 3. The fourth-order valence-corrected chi connectivity index (χ4v) is 5.73. The van der Waals surface area contributed by atoms with Crippen molar-refractivity contribution >= 4 is 16.1 Å². The molecule has 2 aromatic carbocycles. The first kappa shape index (κ1) is 20.0. The molecule has 0 bridgehead atoms. The molecule has 5 nitrogen and oxygen atoms in total. The van der Waals surface area contributed by atoms with Gasteiger partial charge in [-0.05, 0) is 72.9 Å². The van der Waals surface area contributed by atoms with Gasteiger partial charge in [-0.15, -0.1) is 0 Å². The number of rotatable bonds is 3. The molecule has 1 aliphatic heterocycles. The summed E-state index contributed by atoms with van der Waals surface area (Å²) in [6.07, 6.45) is 4.92. The van der Waals surface area contributed by atoms with Crippen molar-refractivity contribution in [2.75, 3.05) is 13.1 Å². The molecule has 2 heterocycles. The van der Waals surface area contributed by atoms with Gasteiger partial charge in [-0.3, -0.25) is 0 Å². The van der Waals surface area contributed by atoms with E-state index in [2.05, 4.69) is 5.10 Å². The summed E-state index contributed by atoms with van der Waals surface area (Å²) >= 11 is 0. The Balaban J connectivity index is 1.41. The van der Waals surface area contributed by atoms with Crippen LogP contribution in [0.25, 0.3) is 11.8 Å². The Hall–Kier alpha value is -2.91. The SMILES string of the molecule is O=S(=O)(c1ccc(F)c(F)c1)N1CCC2=Cc3c(cnn3-c3ccc(F)cc3)CC2C1. The molecule has 0 radical (unpaired) electrons. The number of halogens is 3. The van der Waals surface area contributed by atoms with Gasteiger partial charge in [-0.2, -0.15) is 9.40 Å². The average molecular weight is 445 g/mol. The van der Waals surface area contributed by atoms with Gasteiger partial charge in [0.05, 0.1) is 22.5 Å². The summed E-state index contributed by atoms with van der Waals surface area (Å²) in [4.78, 5) is -0.251. The highest BCUT2D eigenvalue weighted by Crippen LogP contribution is 2.36. The van der Waals surface area contributed by atoms with Crippen LogP contribution in [0.5, 0.6) is 0 Å². The summed E-state index contributed by atoms with van der Waals surface area (Å²) < 4.78 is 69.0. The minimum atomic E-state index is -3.93. The van der Waals surface area contributed by atoms with Crippen LogP contribution >= 0.6 is 0 Å². The predicted molar refractivity (Wildman–Crippen MR) is 108 cm³/mol. The van der Waals surface area contributed by atoms with E-state index in [0.717, 1.165) is 40.7 Å². The Morgan fingerprint density at radius 2 is 1.77 bits per heavy atom. The Kier molecular flexibility index (Phi) is 4.75. The third kappa shape index (κ3) is 3.47. The number of sulfonamides is 1. The number of fused-ring (bicyclic) bond motifs is 2. The fourth-order valence-electron chi connectivity index (χ4n) is 4.23. The van der Waals surface area contributed by atoms with Gasteiger partial charge in [0, 0.05) is 13.1 Å². The molecule has 1 aliphatic carbocycles. The summed E-state index contributed by atoms with van der Waals surface area (Å²) in [6, 6.07) is 8.71. The van der Waals surface area contributed by atoms with E-state index in [0.29, 0.717) is 12.8 Å². The van der Waals surface area contributed by atoms with E-state index in [4.69, 9.17) is 0 Å².